The van der Waals surface area contributed by atoms with Crippen molar-refractivity contribution in [1.29, 1.82) is 0 Å². The lowest BCUT2D eigenvalue weighted by Crippen LogP contribution is -2.46. The highest BCUT2D eigenvalue weighted by Crippen LogP contribution is 2.36. The maximum atomic E-state index is 11.3. The Balaban J connectivity index is 2.20. The number of alkyl carbamates (subject to hydrolysis) is 1. The molecule has 1 atom stereocenters. The van der Waals surface area contributed by atoms with E-state index in [2.05, 4.69) is 19.2 Å². The molecule has 0 aromatic heterocycles. The predicted octanol–water partition coefficient (Wildman–Crippen LogP) is 2.89. The summed E-state index contributed by atoms with van der Waals surface area (Å²) >= 11 is 0. The Kier molecular flexibility index (Phi) is 3.45. The zero-order valence-corrected chi connectivity index (χ0v) is 11.0. The van der Waals surface area contributed by atoms with Gasteiger partial charge in [0, 0.05) is 5.41 Å². The molecule has 0 unspecified atom stereocenters. The minimum absolute atomic E-state index is 0.0329. The number of carbonyl (C=O) groups is 1. The van der Waals surface area contributed by atoms with Crippen molar-refractivity contribution in [3.63, 3.8) is 0 Å². The number of hydrogen-bond acceptors (Lipinski definition) is 3. The number of nitrogens with one attached hydrogen (secondary N) is 1. The quantitative estimate of drug-likeness (QED) is 0.896. The fourth-order valence-corrected chi connectivity index (χ4v) is 2.15. The lowest BCUT2D eigenvalue weighted by molar-refractivity contribution is 0.0387. The monoisotopic (exact) mass is 249 g/mol. The van der Waals surface area contributed by atoms with E-state index in [4.69, 9.17) is 9.47 Å². The van der Waals surface area contributed by atoms with Gasteiger partial charge in [-0.2, -0.15) is 0 Å². The third-order valence-electron chi connectivity index (χ3n) is 3.14. The summed E-state index contributed by atoms with van der Waals surface area (Å²) in [4.78, 5) is 11.3. The van der Waals surface area contributed by atoms with Crippen LogP contribution in [0.5, 0.6) is 5.75 Å². The summed E-state index contributed by atoms with van der Waals surface area (Å²) in [6.07, 6.45) is -0.354. The first-order chi connectivity index (χ1) is 8.53. The second-order valence-corrected chi connectivity index (χ2v) is 5.14. The van der Waals surface area contributed by atoms with Crippen molar-refractivity contribution in [3.8, 4) is 5.75 Å². The van der Waals surface area contributed by atoms with Crippen molar-refractivity contribution in [2.24, 2.45) is 5.41 Å². The van der Waals surface area contributed by atoms with Gasteiger partial charge in [-0.05, 0) is 24.6 Å². The van der Waals surface area contributed by atoms with E-state index < -0.39 is 0 Å². The normalized spacial score (nSPS) is 21.9. The summed E-state index contributed by atoms with van der Waals surface area (Å²) in [5, 5.41) is 2.87. The van der Waals surface area contributed by atoms with Crippen LogP contribution in [0.1, 0.15) is 32.4 Å². The Hall–Kier alpha value is -1.71. The van der Waals surface area contributed by atoms with Crippen LogP contribution in [-0.2, 0) is 4.74 Å². The van der Waals surface area contributed by atoms with Crippen LogP contribution >= 0.6 is 0 Å². The number of cyclic esters (lactones) is 1. The van der Waals surface area contributed by atoms with Crippen LogP contribution in [0.2, 0.25) is 0 Å². The highest BCUT2D eigenvalue weighted by molar-refractivity contribution is 5.69. The molecule has 1 N–H and O–H groups in total. The standard InChI is InChI=1S/C14H19NO3/c1-4-17-11-7-5-10(6-8-11)12-14(2,3)9-18-13(16)15-12/h5-8,12H,4,9H2,1-3H3,(H,15,16)/t12-/m1/s1. The third-order valence-corrected chi connectivity index (χ3v) is 3.14. The first-order valence-corrected chi connectivity index (χ1v) is 6.19. The number of carbonyl (C=O) groups excluding carboxylic acids is 1. The third kappa shape index (κ3) is 2.58. The molecule has 1 aromatic carbocycles. The van der Waals surface area contributed by atoms with E-state index in [-0.39, 0.29) is 17.6 Å². The van der Waals surface area contributed by atoms with E-state index in [1.165, 1.54) is 0 Å². The molecule has 0 saturated carbocycles. The van der Waals surface area contributed by atoms with Gasteiger partial charge in [0.15, 0.2) is 0 Å². The molecule has 1 aromatic rings. The summed E-state index contributed by atoms with van der Waals surface area (Å²) < 4.78 is 10.4. The lowest BCUT2D eigenvalue weighted by Gasteiger charge is -2.38. The topological polar surface area (TPSA) is 47.6 Å². The zero-order valence-electron chi connectivity index (χ0n) is 11.0. The molecule has 18 heavy (non-hydrogen) atoms. The number of benzene rings is 1. The first kappa shape index (κ1) is 12.7. The fourth-order valence-electron chi connectivity index (χ4n) is 2.15. The summed E-state index contributed by atoms with van der Waals surface area (Å²) in [5.41, 5.74) is 0.946. The van der Waals surface area contributed by atoms with E-state index in [0.29, 0.717) is 13.2 Å². The molecular weight excluding hydrogens is 230 g/mol. The highest BCUT2D eigenvalue weighted by Gasteiger charge is 2.37. The number of amides is 1. The molecule has 1 fully saturated rings. The number of hydrogen-bond donors (Lipinski definition) is 1. The summed E-state index contributed by atoms with van der Waals surface area (Å²) in [5.74, 6) is 0.845. The average molecular weight is 249 g/mol. The van der Waals surface area contributed by atoms with Gasteiger partial charge in [0.2, 0.25) is 0 Å². The van der Waals surface area contributed by atoms with Gasteiger partial charge in [-0.3, -0.25) is 0 Å². The van der Waals surface area contributed by atoms with Gasteiger partial charge < -0.3 is 14.8 Å². The molecule has 1 aliphatic rings. The first-order valence-electron chi connectivity index (χ1n) is 6.19. The van der Waals surface area contributed by atoms with Gasteiger partial charge in [0.1, 0.15) is 12.4 Å². The molecule has 0 radical (unpaired) electrons. The Labute approximate surface area is 107 Å². The molecule has 4 nitrogen and oxygen atoms in total. The molecule has 2 rings (SSSR count). The second-order valence-electron chi connectivity index (χ2n) is 5.14. The van der Waals surface area contributed by atoms with Gasteiger partial charge in [0.05, 0.1) is 12.6 Å². The predicted molar refractivity (Wildman–Crippen MR) is 68.6 cm³/mol. The molecule has 4 heteroatoms. The Morgan fingerprint density at radius 3 is 2.67 bits per heavy atom. The number of ether oxygens (including phenoxy) is 2. The van der Waals surface area contributed by atoms with Crippen LogP contribution in [0.4, 0.5) is 4.79 Å². The molecule has 0 spiro atoms. The molecule has 1 heterocycles. The summed E-state index contributed by atoms with van der Waals surface area (Å²) in [7, 11) is 0. The van der Waals surface area contributed by atoms with Crippen LogP contribution in [0, 0.1) is 5.41 Å². The molecule has 1 saturated heterocycles. The van der Waals surface area contributed by atoms with Gasteiger partial charge in [-0.25, -0.2) is 4.79 Å². The van der Waals surface area contributed by atoms with Gasteiger partial charge >= 0.3 is 6.09 Å². The minimum Gasteiger partial charge on any atom is -0.494 e. The van der Waals surface area contributed by atoms with Gasteiger partial charge in [-0.15, -0.1) is 0 Å². The molecule has 0 bridgehead atoms. The molecular formula is C14H19NO3. The Bertz CT molecular complexity index is 425. The van der Waals surface area contributed by atoms with E-state index in [1.54, 1.807) is 0 Å². The molecule has 1 aliphatic heterocycles. The van der Waals surface area contributed by atoms with E-state index in [0.717, 1.165) is 11.3 Å². The number of rotatable bonds is 3. The van der Waals surface area contributed by atoms with Crippen LogP contribution in [0.3, 0.4) is 0 Å². The van der Waals surface area contributed by atoms with Crippen LogP contribution in [0.25, 0.3) is 0 Å². The van der Waals surface area contributed by atoms with Crippen LogP contribution in [0.15, 0.2) is 24.3 Å². The van der Waals surface area contributed by atoms with Crippen LogP contribution in [-0.4, -0.2) is 19.3 Å². The van der Waals surface area contributed by atoms with Gasteiger partial charge in [0.25, 0.3) is 0 Å². The SMILES string of the molecule is CCOc1ccc([C@H]2NC(=O)OCC2(C)C)cc1. The minimum atomic E-state index is -0.354. The summed E-state index contributed by atoms with van der Waals surface area (Å²) in [6, 6.07) is 7.80. The zero-order chi connectivity index (χ0) is 13.2. The maximum Gasteiger partial charge on any atom is 0.407 e. The lowest BCUT2D eigenvalue weighted by atomic mass is 9.80. The van der Waals surface area contributed by atoms with E-state index in [9.17, 15) is 4.79 Å². The van der Waals surface area contributed by atoms with E-state index >= 15 is 0 Å². The van der Waals surface area contributed by atoms with E-state index in [1.807, 2.05) is 31.2 Å². The average Bonchev–Trinajstić information content (AvgIpc) is 2.34. The maximum absolute atomic E-state index is 11.3. The van der Waals surface area contributed by atoms with Gasteiger partial charge in [-0.1, -0.05) is 26.0 Å². The molecule has 1 amide bonds. The van der Waals surface area contributed by atoms with Crippen molar-refractivity contribution in [3.05, 3.63) is 29.8 Å². The Morgan fingerprint density at radius 2 is 2.06 bits per heavy atom. The molecule has 0 aliphatic carbocycles. The fraction of sp³-hybridized carbons (Fsp3) is 0.500. The summed E-state index contributed by atoms with van der Waals surface area (Å²) in [6.45, 7) is 7.19. The van der Waals surface area contributed by atoms with Crippen molar-refractivity contribution in [2.75, 3.05) is 13.2 Å². The second kappa shape index (κ2) is 4.88. The van der Waals surface area contributed by atoms with Crippen molar-refractivity contribution >= 4 is 6.09 Å². The Morgan fingerprint density at radius 1 is 1.39 bits per heavy atom. The molecule has 98 valence electrons. The van der Waals surface area contributed by atoms with Crippen molar-refractivity contribution in [2.45, 2.75) is 26.8 Å². The highest BCUT2D eigenvalue weighted by atomic mass is 16.6. The smallest absolute Gasteiger partial charge is 0.407 e. The largest absolute Gasteiger partial charge is 0.494 e. The van der Waals surface area contributed by atoms with Crippen LogP contribution < -0.4 is 10.1 Å². The van der Waals surface area contributed by atoms with Crippen molar-refractivity contribution in [1.82, 2.24) is 5.32 Å². The van der Waals surface area contributed by atoms with Crippen molar-refractivity contribution < 1.29 is 14.3 Å².